The van der Waals surface area contributed by atoms with E-state index < -0.39 is 0 Å². The van der Waals surface area contributed by atoms with Crippen LogP contribution in [0.4, 0.5) is 0 Å². The maximum absolute atomic E-state index is 12.9. The van der Waals surface area contributed by atoms with E-state index in [1.807, 2.05) is 17.7 Å². The van der Waals surface area contributed by atoms with Gasteiger partial charge in [0.25, 0.3) is 0 Å². The number of ether oxygens (including phenoxy) is 2. The van der Waals surface area contributed by atoms with Crippen LogP contribution in [0.1, 0.15) is 49.3 Å². The lowest BCUT2D eigenvalue weighted by Gasteiger charge is -2.36. The molecule has 1 aromatic heterocycles. The van der Waals surface area contributed by atoms with Crippen LogP contribution in [0, 0.1) is 5.92 Å². The van der Waals surface area contributed by atoms with Gasteiger partial charge in [0.15, 0.2) is 5.78 Å². The van der Waals surface area contributed by atoms with Gasteiger partial charge in [-0.3, -0.25) is 9.48 Å². The van der Waals surface area contributed by atoms with Crippen LogP contribution in [0.5, 0.6) is 0 Å². The SMILES string of the molecule is CCc1cc(C(=O)C2CCOC3(CCOC3)C2)n(CC)n1. The van der Waals surface area contributed by atoms with Crippen LogP contribution in [-0.2, 0) is 22.4 Å². The fourth-order valence-corrected chi connectivity index (χ4v) is 3.41. The lowest BCUT2D eigenvalue weighted by Crippen LogP contribution is -2.42. The average Bonchev–Trinajstić information content (AvgIpc) is 3.13. The first-order valence-electron chi connectivity index (χ1n) is 8.00. The molecule has 2 aliphatic rings. The summed E-state index contributed by atoms with van der Waals surface area (Å²) in [7, 11) is 0. The van der Waals surface area contributed by atoms with Crippen LogP contribution in [0.2, 0.25) is 0 Å². The Hall–Kier alpha value is -1.20. The molecule has 5 nitrogen and oxygen atoms in total. The summed E-state index contributed by atoms with van der Waals surface area (Å²) in [4.78, 5) is 12.9. The highest BCUT2D eigenvalue weighted by Gasteiger charge is 2.43. The third-order valence-electron chi connectivity index (χ3n) is 4.68. The molecule has 0 radical (unpaired) electrons. The number of carbonyl (C=O) groups is 1. The highest BCUT2D eigenvalue weighted by molar-refractivity contribution is 5.96. The van der Waals surface area contributed by atoms with Gasteiger partial charge in [-0.05, 0) is 32.3 Å². The first kappa shape index (κ1) is 14.7. The molecule has 2 fully saturated rings. The summed E-state index contributed by atoms with van der Waals surface area (Å²) in [5.41, 5.74) is 1.53. The van der Waals surface area contributed by atoms with Crippen molar-refractivity contribution >= 4 is 5.78 Å². The third-order valence-corrected chi connectivity index (χ3v) is 4.68. The van der Waals surface area contributed by atoms with Crippen LogP contribution in [0.3, 0.4) is 0 Å². The largest absolute Gasteiger partial charge is 0.378 e. The molecular formula is C16H24N2O3. The summed E-state index contributed by atoms with van der Waals surface area (Å²) < 4.78 is 13.3. The van der Waals surface area contributed by atoms with Crippen molar-refractivity contribution in [1.82, 2.24) is 9.78 Å². The second kappa shape index (κ2) is 5.89. The van der Waals surface area contributed by atoms with Crippen molar-refractivity contribution in [3.05, 3.63) is 17.5 Å². The standard InChI is InChI=1S/C16H24N2O3/c1-3-13-9-14(18(4-2)17-13)15(19)12-5-7-21-16(10-12)6-8-20-11-16/h9,12H,3-8,10-11H2,1-2H3. The Kier molecular flexibility index (Phi) is 4.13. The number of Topliss-reactive ketones (excluding diaryl/α,β-unsaturated/α-hetero) is 1. The molecule has 0 bridgehead atoms. The van der Waals surface area contributed by atoms with Crippen molar-refractivity contribution < 1.29 is 14.3 Å². The lowest BCUT2D eigenvalue weighted by molar-refractivity contribution is -0.0921. The molecule has 116 valence electrons. The van der Waals surface area contributed by atoms with Gasteiger partial charge in [0.2, 0.25) is 0 Å². The van der Waals surface area contributed by atoms with Gasteiger partial charge in [0.1, 0.15) is 5.69 Å². The molecule has 21 heavy (non-hydrogen) atoms. The van der Waals surface area contributed by atoms with Gasteiger partial charge in [0, 0.05) is 32.1 Å². The Morgan fingerprint density at radius 1 is 1.48 bits per heavy atom. The van der Waals surface area contributed by atoms with Gasteiger partial charge in [0.05, 0.1) is 17.9 Å². The Morgan fingerprint density at radius 2 is 2.33 bits per heavy atom. The number of ketones is 1. The highest BCUT2D eigenvalue weighted by atomic mass is 16.6. The molecule has 0 aliphatic carbocycles. The Balaban J connectivity index is 1.79. The fraction of sp³-hybridized carbons (Fsp3) is 0.750. The Bertz CT molecular complexity index is 518. The van der Waals surface area contributed by atoms with Crippen LogP contribution >= 0.6 is 0 Å². The smallest absolute Gasteiger partial charge is 0.184 e. The summed E-state index contributed by atoms with van der Waals surface area (Å²) in [6, 6.07) is 1.96. The van der Waals surface area contributed by atoms with Crippen LogP contribution in [0.15, 0.2) is 6.07 Å². The van der Waals surface area contributed by atoms with Crippen LogP contribution in [0.25, 0.3) is 0 Å². The van der Waals surface area contributed by atoms with Crippen molar-refractivity contribution in [1.29, 1.82) is 0 Å². The number of hydrogen-bond donors (Lipinski definition) is 0. The van der Waals surface area contributed by atoms with Crippen LogP contribution in [-0.4, -0.2) is 41.0 Å². The van der Waals surface area contributed by atoms with Crippen molar-refractivity contribution in [3.63, 3.8) is 0 Å². The molecule has 1 spiro atoms. The van der Waals surface area contributed by atoms with Gasteiger partial charge in [-0.25, -0.2) is 0 Å². The maximum Gasteiger partial charge on any atom is 0.184 e. The van der Waals surface area contributed by atoms with E-state index >= 15 is 0 Å². The van der Waals surface area contributed by atoms with E-state index in [9.17, 15) is 4.79 Å². The predicted octanol–water partition coefficient (Wildman–Crippen LogP) is 2.23. The van der Waals surface area contributed by atoms with Gasteiger partial charge >= 0.3 is 0 Å². The minimum absolute atomic E-state index is 0.0344. The molecule has 3 rings (SSSR count). The van der Waals surface area contributed by atoms with E-state index in [1.54, 1.807) is 0 Å². The third kappa shape index (κ3) is 2.77. The van der Waals surface area contributed by atoms with E-state index in [2.05, 4.69) is 12.0 Å². The van der Waals surface area contributed by atoms with Crippen molar-refractivity contribution in [2.75, 3.05) is 19.8 Å². The molecule has 0 saturated carbocycles. The van der Waals surface area contributed by atoms with Gasteiger partial charge in [-0.2, -0.15) is 5.10 Å². The van der Waals surface area contributed by atoms with Crippen molar-refractivity contribution in [2.45, 2.75) is 51.7 Å². The molecule has 5 heteroatoms. The molecule has 3 heterocycles. The molecular weight excluding hydrogens is 268 g/mol. The monoisotopic (exact) mass is 292 g/mol. The first-order valence-corrected chi connectivity index (χ1v) is 8.00. The minimum Gasteiger partial charge on any atom is -0.378 e. The average molecular weight is 292 g/mol. The topological polar surface area (TPSA) is 53.4 Å². The molecule has 0 aromatic carbocycles. The zero-order valence-corrected chi connectivity index (χ0v) is 12.9. The number of nitrogens with zero attached hydrogens (tertiary/aromatic N) is 2. The number of aryl methyl sites for hydroxylation is 2. The van der Waals surface area contributed by atoms with Gasteiger partial charge < -0.3 is 9.47 Å². The summed E-state index contributed by atoms with van der Waals surface area (Å²) in [6.07, 6.45) is 3.35. The van der Waals surface area contributed by atoms with E-state index in [0.29, 0.717) is 13.2 Å². The Morgan fingerprint density at radius 3 is 3.00 bits per heavy atom. The second-order valence-electron chi connectivity index (χ2n) is 6.08. The molecule has 0 amide bonds. The molecule has 2 unspecified atom stereocenters. The van der Waals surface area contributed by atoms with E-state index in [-0.39, 0.29) is 17.3 Å². The van der Waals surface area contributed by atoms with Gasteiger partial charge in [-0.1, -0.05) is 6.92 Å². The number of rotatable bonds is 4. The molecule has 0 N–H and O–H groups in total. The predicted molar refractivity (Wildman–Crippen MR) is 78.5 cm³/mol. The second-order valence-corrected chi connectivity index (χ2v) is 6.08. The summed E-state index contributed by atoms with van der Waals surface area (Å²) in [6.45, 7) is 6.85. The zero-order chi connectivity index (χ0) is 14.9. The Labute approximate surface area is 125 Å². The minimum atomic E-state index is -0.219. The number of aromatic nitrogens is 2. The summed E-state index contributed by atoms with van der Waals surface area (Å²) in [5, 5.41) is 4.49. The zero-order valence-electron chi connectivity index (χ0n) is 12.9. The molecule has 2 aliphatic heterocycles. The van der Waals surface area contributed by atoms with Crippen LogP contribution < -0.4 is 0 Å². The van der Waals surface area contributed by atoms with Crippen molar-refractivity contribution in [3.8, 4) is 0 Å². The maximum atomic E-state index is 12.9. The molecule has 2 atom stereocenters. The van der Waals surface area contributed by atoms with E-state index in [4.69, 9.17) is 9.47 Å². The molecule has 1 aromatic rings. The summed E-state index contributed by atoms with van der Waals surface area (Å²) >= 11 is 0. The summed E-state index contributed by atoms with van der Waals surface area (Å²) in [5.74, 6) is 0.255. The number of hydrogen-bond acceptors (Lipinski definition) is 4. The van der Waals surface area contributed by atoms with E-state index in [0.717, 1.165) is 50.2 Å². The van der Waals surface area contributed by atoms with E-state index in [1.165, 1.54) is 0 Å². The lowest BCUT2D eigenvalue weighted by atomic mass is 9.82. The first-order chi connectivity index (χ1) is 10.2. The molecule has 2 saturated heterocycles. The highest BCUT2D eigenvalue weighted by Crippen LogP contribution is 2.37. The normalized spacial score (nSPS) is 29.1. The van der Waals surface area contributed by atoms with Gasteiger partial charge in [-0.15, -0.1) is 0 Å². The number of carbonyl (C=O) groups excluding carboxylic acids is 1. The quantitative estimate of drug-likeness (QED) is 0.799. The fourth-order valence-electron chi connectivity index (χ4n) is 3.41. The van der Waals surface area contributed by atoms with Crippen molar-refractivity contribution in [2.24, 2.45) is 5.92 Å².